The fourth-order valence-corrected chi connectivity index (χ4v) is 2.69. The molecule has 1 heterocycles. The minimum absolute atomic E-state index is 0.0482. The lowest BCUT2D eigenvalue weighted by molar-refractivity contribution is -0.108. The van der Waals surface area contributed by atoms with Crippen LogP contribution in [0.3, 0.4) is 0 Å². The number of hydrogen-bond donors (Lipinski definition) is 1. The van der Waals surface area contributed by atoms with E-state index in [1.165, 1.54) is 24.3 Å². The van der Waals surface area contributed by atoms with Crippen molar-refractivity contribution in [1.82, 2.24) is 4.90 Å². The normalized spacial score (nSPS) is 16.4. The maximum atomic E-state index is 12.0. The van der Waals surface area contributed by atoms with Gasteiger partial charge in [0, 0.05) is 6.42 Å². The van der Waals surface area contributed by atoms with Crippen molar-refractivity contribution < 1.29 is 27.4 Å². The fourth-order valence-electron chi connectivity index (χ4n) is 1.91. The second-order valence-electron chi connectivity index (χ2n) is 3.90. The van der Waals surface area contributed by atoms with Crippen LogP contribution in [0.4, 0.5) is 0 Å². The molecule has 0 aromatic heterocycles. The van der Waals surface area contributed by atoms with Gasteiger partial charge in [0.1, 0.15) is 6.29 Å². The molecule has 1 unspecified atom stereocenters. The number of nitrogens with zero attached hydrogens (tertiary/aromatic N) is 1. The number of amides is 2. The van der Waals surface area contributed by atoms with Crippen LogP contribution in [-0.4, -0.2) is 41.3 Å². The monoisotopic (exact) mass is 283 g/mol. The molecule has 0 saturated heterocycles. The van der Waals surface area contributed by atoms with Gasteiger partial charge < -0.3 is 4.79 Å². The van der Waals surface area contributed by atoms with E-state index in [0.717, 1.165) is 0 Å². The molecule has 1 aliphatic heterocycles. The van der Waals surface area contributed by atoms with E-state index >= 15 is 0 Å². The van der Waals surface area contributed by atoms with E-state index in [9.17, 15) is 22.8 Å². The van der Waals surface area contributed by atoms with Crippen LogP contribution in [0, 0.1) is 0 Å². The van der Waals surface area contributed by atoms with E-state index in [2.05, 4.69) is 0 Å². The third kappa shape index (κ3) is 2.15. The zero-order valence-electron chi connectivity index (χ0n) is 9.52. The number of aldehydes is 1. The molecular formula is C11H9NO6S. The summed E-state index contributed by atoms with van der Waals surface area (Å²) >= 11 is 0. The van der Waals surface area contributed by atoms with Crippen molar-refractivity contribution >= 4 is 28.2 Å². The average molecular weight is 283 g/mol. The molecule has 1 aromatic carbocycles. The maximum Gasteiger partial charge on any atom is 0.287 e. The van der Waals surface area contributed by atoms with Crippen LogP contribution >= 0.6 is 0 Å². The first-order valence-electron chi connectivity index (χ1n) is 5.24. The van der Waals surface area contributed by atoms with Crippen molar-refractivity contribution in [3.05, 3.63) is 35.4 Å². The molecule has 0 radical (unpaired) electrons. The molecule has 1 atom stereocenters. The Labute approximate surface area is 108 Å². The Balaban J connectivity index is 2.51. The van der Waals surface area contributed by atoms with Crippen LogP contribution in [0.5, 0.6) is 0 Å². The lowest BCUT2D eigenvalue weighted by Gasteiger charge is -2.21. The van der Waals surface area contributed by atoms with Gasteiger partial charge in [-0.15, -0.1) is 0 Å². The summed E-state index contributed by atoms with van der Waals surface area (Å²) in [5, 5.41) is -1.89. The predicted octanol–water partition coefficient (Wildman–Crippen LogP) is 0.0855. The zero-order valence-corrected chi connectivity index (χ0v) is 10.3. The Bertz CT molecular complexity index is 631. The van der Waals surface area contributed by atoms with Crippen molar-refractivity contribution in [3.63, 3.8) is 0 Å². The average Bonchev–Trinajstić information content (AvgIpc) is 2.59. The summed E-state index contributed by atoms with van der Waals surface area (Å²) < 4.78 is 31.5. The molecule has 0 fully saturated rings. The molecule has 0 aliphatic carbocycles. The highest BCUT2D eigenvalue weighted by atomic mass is 32.2. The zero-order chi connectivity index (χ0) is 14.2. The molecule has 1 N–H and O–H groups in total. The Morgan fingerprint density at radius 1 is 1.16 bits per heavy atom. The molecule has 1 aliphatic rings. The van der Waals surface area contributed by atoms with Crippen LogP contribution in [0.2, 0.25) is 0 Å². The van der Waals surface area contributed by atoms with Crippen molar-refractivity contribution in [2.24, 2.45) is 0 Å². The van der Waals surface area contributed by atoms with Crippen molar-refractivity contribution in [3.8, 4) is 0 Å². The van der Waals surface area contributed by atoms with Gasteiger partial charge in [0.05, 0.1) is 11.1 Å². The SMILES string of the molecule is O=CCC(N1C(=O)c2ccccc2C1=O)S(=O)(=O)O. The van der Waals surface area contributed by atoms with Gasteiger partial charge in [-0.3, -0.25) is 19.0 Å². The Kier molecular flexibility index (Phi) is 3.21. The van der Waals surface area contributed by atoms with Gasteiger partial charge in [0.25, 0.3) is 21.9 Å². The van der Waals surface area contributed by atoms with Crippen LogP contribution in [-0.2, 0) is 14.9 Å². The molecule has 1 aromatic rings. The van der Waals surface area contributed by atoms with Gasteiger partial charge in [-0.2, -0.15) is 8.42 Å². The molecule has 0 saturated carbocycles. The highest BCUT2D eigenvalue weighted by Gasteiger charge is 2.44. The first-order chi connectivity index (χ1) is 8.88. The Morgan fingerprint density at radius 2 is 1.63 bits per heavy atom. The highest BCUT2D eigenvalue weighted by Crippen LogP contribution is 2.26. The topological polar surface area (TPSA) is 109 Å². The number of imide groups is 1. The van der Waals surface area contributed by atoms with Crippen LogP contribution in [0.1, 0.15) is 27.1 Å². The van der Waals surface area contributed by atoms with E-state index in [1.807, 2.05) is 0 Å². The fraction of sp³-hybridized carbons (Fsp3) is 0.182. The summed E-state index contributed by atoms with van der Waals surface area (Å²) in [6.07, 6.45) is -0.452. The number of carbonyl (C=O) groups is 3. The van der Waals surface area contributed by atoms with E-state index in [0.29, 0.717) is 4.90 Å². The smallest absolute Gasteiger partial charge is 0.287 e. The van der Waals surface area contributed by atoms with Gasteiger partial charge in [-0.25, -0.2) is 0 Å². The van der Waals surface area contributed by atoms with E-state index in [4.69, 9.17) is 4.55 Å². The van der Waals surface area contributed by atoms with Crippen molar-refractivity contribution in [1.29, 1.82) is 0 Å². The van der Waals surface area contributed by atoms with Gasteiger partial charge in [0.2, 0.25) is 0 Å². The minimum atomic E-state index is -4.74. The molecule has 100 valence electrons. The van der Waals surface area contributed by atoms with Crippen molar-refractivity contribution in [2.45, 2.75) is 11.8 Å². The lowest BCUT2D eigenvalue weighted by atomic mass is 10.1. The molecule has 7 nitrogen and oxygen atoms in total. The van der Waals surface area contributed by atoms with E-state index < -0.39 is 33.7 Å². The first kappa shape index (κ1) is 13.4. The summed E-state index contributed by atoms with van der Waals surface area (Å²) in [7, 11) is -4.74. The van der Waals surface area contributed by atoms with Crippen molar-refractivity contribution in [2.75, 3.05) is 0 Å². The first-order valence-corrected chi connectivity index (χ1v) is 6.75. The van der Waals surface area contributed by atoms with Gasteiger partial charge in [-0.1, -0.05) is 12.1 Å². The largest absolute Gasteiger partial charge is 0.303 e. The van der Waals surface area contributed by atoms with E-state index in [-0.39, 0.29) is 17.4 Å². The number of fused-ring (bicyclic) bond motifs is 1. The number of benzene rings is 1. The van der Waals surface area contributed by atoms with Crippen LogP contribution in [0.25, 0.3) is 0 Å². The lowest BCUT2D eigenvalue weighted by Crippen LogP contribution is -2.44. The molecule has 8 heteroatoms. The summed E-state index contributed by atoms with van der Waals surface area (Å²) in [5.41, 5.74) is 0.0964. The molecule has 0 bridgehead atoms. The maximum absolute atomic E-state index is 12.0. The molecule has 0 spiro atoms. The van der Waals surface area contributed by atoms with Crippen LogP contribution < -0.4 is 0 Å². The summed E-state index contributed by atoms with van der Waals surface area (Å²) in [6, 6.07) is 5.79. The van der Waals surface area contributed by atoms with Crippen LogP contribution in [0.15, 0.2) is 24.3 Å². The molecule has 2 amide bonds. The van der Waals surface area contributed by atoms with Gasteiger partial charge >= 0.3 is 0 Å². The summed E-state index contributed by atoms with van der Waals surface area (Å²) in [5.74, 6) is -1.69. The predicted molar refractivity (Wildman–Crippen MR) is 63.0 cm³/mol. The molecule has 19 heavy (non-hydrogen) atoms. The number of rotatable bonds is 4. The van der Waals surface area contributed by atoms with E-state index in [1.54, 1.807) is 0 Å². The third-order valence-corrected chi connectivity index (χ3v) is 3.85. The number of hydrogen-bond acceptors (Lipinski definition) is 5. The quantitative estimate of drug-likeness (QED) is 0.476. The number of carbonyl (C=O) groups excluding carboxylic acids is 3. The van der Waals surface area contributed by atoms with Gasteiger partial charge in [0.15, 0.2) is 5.37 Å². The molecule has 2 rings (SSSR count). The third-order valence-electron chi connectivity index (χ3n) is 2.76. The molecular weight excluding hydrogens is 274 g/mol. The van der Waals surface area contributed by atoms with Gasteiger partial charge in [-0.05, 0) is 12.1 Å². The second-order valence-corrected chi connectivity index (χ2v) is 5.47. The summed E-state index contributed by atoms with van der Waals surface area (Å²) in [4.78, 5) is 34.8. The minimum Gasteiger partial charge on any atom is -0.303 e. The Morgan fingerprint density at radius 3 is 2.00 bits per heavy atom. The summed E-state index contributed by atoms with van der Waals surface area (Å²) in [6.45, 7) is 0. The highest BCUT2D eigenvalue weighted by molar-refractivity contribution is 7.86. The Hall–Kier alpha value is -2.06. The standard InChI is InChI=1S/C11H9NO6S/c13-6-5-9(19(16,17)18)12-10(14)7-3-1-2-4-8(7)11(12)15/h1-4,6,9H,5H2,(H,16,17,18). The second kappa shape index (κ2) is 4.56.